The van der Waals surface area contributed by atoms with E-state index in [2.05, 4.69) is 18.7 Å². The van der Waals surface area contributed by atoms with Crippen molar-refractivity contribution in [1.29, 1.82) is 0 Å². The van der Waals surface area contributed by atoms with E-state index in [9.17, 15) is 4.79 Å². The normalized spacial score (nSPS) is 44.0. The molecule has 0 N–H and O–H groups in total. The van der Waals surface area contributed by atoms with Gasteiger partial charge in [0, 0.05) is 19.5 Å². The predicted octanol–water partition coefficient (Wildman–Crippen LogP) is 7.96. The Kier molecular flexibility index (Phi) is 8.96. The molecular formula is C29H53NO. The van der Waals surface area contributed by atoms with Gasteiger partial charge in [0.2, 0.25) is 5.91 Å². The van der Waals surface area contributed by atoms with Crippen LogP contribution in [-0.4, -0.2) is 23.9 Å². The molecular weight excluding hydrogens is 378 g/mol. The zero-order valence-corrected chi connectivity index (χ0v) is 21.8. The Hall–Kier alpha value is -0.530. The van der Waals surface area contributed by atoms with E-state index in [0.717, 1.165) is 67.4 Å². The maximum atomic E-state index is 12.4. The molecule has 0 bridgehead atoms. The Bertz CT molecular complexity index is 573. The highest BCUT2D eigenvalue weighted by Crippen LogP contribution is 2.64. The largest absolute Gasteiger partial charge is 0.342 e. The van der Waals surface area contributed by atoms with E-state index in [4.69, 9.17) is 0 Å². The van der Waals surface area contributed by atoms with Crippen molar-refractivity contribution in [3.63, 3.8) is 0 Å². The van der Waals surface area contributed by atoms with Crippen LogP contribution in [-0.2, 0) is 4.79 Å². The number of carbonyl (C=O) groups is 1. The third-order valence-corrected chi connectivity index (χ3v) is 10.3. The topological polar surface area (TPSA) is 20.3 Å². The molecule has 0 spiro atoms. The molecule has 2 nitrogen and oxygen atoms in total. The SMILES string of the molecule is CC.CC.CC1CCC2C(CCC3C2CCC2(C)C(CN4CCCCC4=O)CCC32)C1. The van der Waals surface area contributed by atoms with Crippen molar-refractivity contribution in [3.05, 3.63) is 0 Å². The van der Waals surface area contributed by atoms with Crippen molar-refractivity contribution >= 4 is 5.91 Å². The van der Waals surface area contributed by atoms with Crippen molar-refractivity contribution < 1.29 is 4.79 Å². The summed E-state index contributed by atoms with van der Waals surface area (Å²) in [4.78, 5) is 14.6. The number of rotatable bonds is 2. The van der Waals surface area contributed by atoms with E-state index >= 15 is 0 Å². The first-order chi connectivity index (χ1) is 15.1. The summed E-state index contributed by atoms with van der Waals surface area (Å²) < 4.78 is 0. The second kappa shape index (κ2) is 11.1. The van der Waals surface area contributed by atoms with E-state index in [0.29, 0.717) is 11.3 Å². The van der Waals surface area contributed by atoms with Crippen LogP contribution in [0.5, 0.6) is 0 Å². The summed E-state index contributed by atoms with van der Waals surface area (Å²) in [5.74, 6) is 7.34. The standard InChI is InChI=1S/C25H41NO.2C2H6/c1-17-6-9-20-18(15-17)7-10-22-21(20)12-13-25(2)19(8-11-23(22)25)16-26-14-4-3-5-24(26)27;2*1-2/h17-23H,3-16H2,1-2H3;2*1-2H3. The smallest absolute Gasteiger partial charge is 0.222 e. The number of amides is 1. The van der Waals surface area contributed by atoms with Crippen LogP contribution in [0.2, 0.25) is 0 Å². The highest BCUT2D eigenvalue weighted by molar-refractivity contribution is 5.76. The van der Waals surface area contributed by atoms with Crippen LogP contribution in [0.3, 0.4) is 0 Å². The van der Waals surface area contributed by atoms with Crippen molar-refractivity contribution in [2.75, 3.05) is 13.1 Å². The molecule has 31 heavy (non-hydrogen) atoms. The van der Waals surface area contributed by atoms with Crippen LogP contribution in [0.25, 0.3) is 0 Å². The summed E-state index contributed by atoms with van der Waals surface area (Å²) in [5, 5.41) is 0. The molecule has 5 rings (SSSR count). The Balaban J connectivity index is 0.000000645. The molecule has 0 aromatic heterocycles. The number of hydrogen-bond acceptors (Lipinski definition) is 1. The van der Waals surface area contributed by atoms with Gasteiger partial charge in [-0.25, -0.2) is 0 Å². The van der Waals surface area contributed by atoms with Crippen molar-refractivity contribution in [3.8, 4) is 0 Å². The maximum Gasteiger partial charge on any atom is 0.222 e. The van der Waals surface area contributed by atoms with Crippen LogP contribution in [0, 0.1) is 46.8 Å². The molecule has 0 aromatic rings. The van der Waals surface area contributed by atoms with Gasteiger partial charge in [-0.3, -0.25) is 4.79 Å². The van der Waals surface area contributed by atoms with Gasteiger partial charge in [-0.1, -0.05) is 48.0 Å². The molecule has 2 heteroatoms. The first kappa shape index (κ1) is 25.1. The van der Waals surface area contributed by atoms with Gasteiger partial charge in [-0.2, -0.15) is 0 Å². The molecule has 8 atom stereocenters. The van der Waals surface area contributed by atoms with E-state index in [1.54, 1.807) is 0 Å². The fraction of sp³-hybridized carbons (Fsp3) is 0.966. The van der Waals surface area contributed by atoms with Crippen LogP contribution in [0.15, 0.2) is 0 Å². The minimum Gasteiger partial charge on any atom is -0.342 e. The number of nitrogens with zero attached hydrogens (tertiary/aromatic N) is 1. The van der Waals surface area contributed by atoms with Gasteiger partial charge >= 0.3 is 0 Å². The van der Waals surface area contributed by atoms with Gasteiger partial charge in [0.15, 0.2) is 0 Å². The van der Waals surface area contributed by atoms with Gasteiger partial charge in [-0.15, -0.1) is 0 Å². The number of carbonyl (C=O) groups excluding carboxylic acids is 1. The first-order valence-electron chi connectivity index (χ1n) is 14.3. The van der Waals surface area contributed by atoms with E-state index in [1.807, 2.05) is 27.7 Å². The Morgan fingerprint density at radius 2 is 1.61 bits per heavy atom. The maximum absolute atomic E-state index is 12.4. The molecule has 180 valence electrons. The molecule has 1 aliphatic heterocycles. The predicted molar refractivity (Wildman–Crippen MR) is 133 cm³/mol. The van der Waals surface area contributed by atoms with E-state index in [-0.39, 0.29) is 0 Å². The van der Waals surface area contributed by atoms with Crippen LogP contribution < -0.4 is 0 Å². The molecule has 0 radical (unpaired) electrons. The van der Waals surface area contributed by atoms with E-state index in [1.165, 1.54) is 64.2 Å². The van der Waals surface area contributed by atoms with Crippen molar-refractivity contribution in [2.24, 2.45) is 46.8 Å². The van der Waals surface area contributed by atoms with Crippen molar-refractivity contribution in [2.45, 2.75) is 119 Å². The molecule has 1 amide bonds. The summed E-state index contributed by atoms with van der Waals surface area (Å²) in [6.45, 7) is 15.2. The molecule has 1 saturated heterocycles. The number of fused-ring (bicyclic) bond motifs is 5. The summed E-state index contributed by atoms with van der Waals surface area (Å²) >= 11 is 0. The summed E-state index contributed by atoms with van der Waals surface area (Å²) in [7, 11) is 0. The molecule has 1 heterocycles. The molecule has 4 aliphatic carbocycles. The molecule has 5 aliphatic rings. The van der Waals surface area contributed by atoms with Gasteiger partial charge in [-0.05, 0) is 111 Å². The van der Waals surface area contributed by atoms with Crippen LogP contribution >= 0.6 is 0 Å². The number of likely N-dealkylation sites (tertiary alicyclic amines) is 1. The lowest BCUT2D eigenvalue weighted by Gasteiger charge is -2.56. The summed E-state index contributed by atoms with van der Waals surface area (Å²) in [6, 6.07) is 0. The van der Waals surface area contributed by atoms with Gasteiger partial charge in [0.05, 0.1) is 0 Å². The first-order valence-corrected chi connectivity index (χ1v) is 14.3. The third kappa shape index (κ3) is 4.89. The number of hydrogen-bond donors (Lipinski definition) is 0. The number of piperidine rings is 1. The fourth-order valence-corrected chi connectivity index (χ4v) is 8.82. The van der Waals surface area contributed by atoms with Crippen molar-refractivity contribution in [1.82, 2.24) is 4.90 Å². The van der Waals surface area contributed by atoms with Crippen LogP contribution in [0.1, 0.15) is 119 Å². The second-order valence-corrected chi connectivity index (χ2v) is 11.5. The zero-order chi connectivity index (χ0) is 22.6. The van der Waals surface area contributed by atoms with Gasteiger partial charge < -0.3 is 4.90 Å². The lowest BCUT2D eigenvalue weighted by atomic mass is 9.49. The summed E-state index contributed by atoms with van der Waals surface area (Å²) in [5.41, 5.74) is 0.522. The minimum absolute atomic E-state index is 0.443. The Morgan fingerprint density at radius 3 is 2.35 bits per heavy atom. The quantitative estimate of drug-likeness (QED) is 0.434. The van der Waals surface area contributed by atoms with E-state index < -0.39 is 0 Å². The highest BCUT2D eigenvalue weighted by Gasteiger charge is 2.57. The Labute approximate surface area is 194 Å². The third-order valence-electron chi connectivity index (χ3n) is 10.3. The average Bonchev–Trinajstić information content (AvgIpc) is 3.14. The monoisotopic (exact) mass is 431 g/mol. The lowest BCUT2D eigenvalue weighted by Crippen LogP contribution is -2.50. The van der Waals surface area contributed by atoms with Gasteiger partial charge in [0.25, 0.3) is 0 Å². The minimum atomic E-state index is 0.443. The molecule has 4 saturated carbocycles. The van der Waals surface area contributed by atoms with Gasteiger partial charge in [0.1, 0.15) is 0 Å². The second-order valence-electron chi connectivity index (χ2n) is 11.5. The molecule has 5 fully saturated rings. The molecule has 0 aromatic carbocycles. The summed E-state index contributed by atoms with van der Waals surface area (Å²) in [6.07, 6.45) is 16.5. The average molecular weight is 432 g/mol. The highest BCUT2D eigenvalue weighted by atomic mass is 16.2. The van der Waals surface area contributed by atoms with Crippen LogP contribution in [0.4, 0.5) is 0 Å². The zero-order valence-electron chi connectivity index (χ0n) is 21.8. The molecule has 8 unspecified atom stereocenters. The Morgan fingerprint density at radius 1 is 0.871 bits per heavy atom. The lowest BCUT2D eigenvalue weighted by molar-refractivity contribution is -0.135. The fourth-order valence-electron chi connectivity index (χ4n) is 8.82.